The molecule has 2 rings (SSSR count). The van der Waals surface area contributed by atoms with Crippen molar-refractivity contribution < 1.29 is 5.11 Å². The fraction of sp³-hybridized carbons (Fsp3) is 0.333. The summed E-state index contributed by atoms with van der Waals surface area (Å²) in [6.45, 7) is 3.77. The van der Waals surface area contributed by atoms with E-state index >= 15 is 0 Å². The van der Waals surface area contributed by atoms with E-state index in [1.165, 1.54) is 4.57 Å². The molecule has 2 aromatic rings. The number of H-pyrrole nitrogens is 1. The third-order valence-electron chi connectivity index (χ3n) is 3.31. The zero-order valence-electron chi connectivity index (χ0n) is 12.2. The standard InChI is InChI=1S/C15H18N2O3S/c1-9-4-6-11(7-5-9)12-13(18)16-15(20)17(14(12)19)10(2)8-21-3/h4-7,10,19H,8H2,1-3H3,(H,16,18,20). The normalized spacial score (nSPS) is 12.3. The summed E-state index contributed by atoms with van der Waals surface area (Å²) < 4.78 is 1.23. The molecule has 0 saturated carbocycles. The topological polar surface area (TPSA) is 75.1 Å². The van der Waals surface area contributed by atoms with Gasteiger partial charge >= 0.3 is 5.69 Å². The summed E-state index contributed by atoms with van der Waals surface area (Å²) in [5.41, 5.74) is 0.606. The number of benzene rings is 1. The van der Waals surface area contributed by atoms with Crippen molar-refractivity contribution >= 4 is 11.8 Å². The number of hydrogen-bond donors (Lipinski definition) is 2. The van der Waals surface area contributed by atoms with Gasteiger partial charge in [0.2, 0.25) is 5.88 Å². The highest BCUT2D eigenvalue weighted by molar-refractivity contribution is 7.98. The summed E-state index contributed by atoms with van der Waals surface area (Å²) in [6.07, 6.45) is 1.92. The Labute approximate surface area is 126 Å². The molecule has 0 aliphatic carbocycles. The zero-order valence-corrected chi connectivity index (χ0v) is 13.0. The van der Waals surface area contributed by atoms with Crippen LogP contribution in [0, 0.1) is 6.92 Å². The third-order valence-corrected chi connectivity index (χ3v) is 4.12. The van der Waals surface area contributed by atoms with Crippen molar-refractivity contribution in [1.82, 2.24) is 9.55 Å². The maximum Gasteiger partial charge on any atom is 0.331 e. The van der Waals surface area contributed by atoms with Gasteiger partial charge in [-0.1, -0.05) is 29.8 Å². The molecule has 112 valence electrons. The summed E-state index contributed by atoms with van der Waals surface area (Å²) in [5.74, 6) is 0.376. The lowest BCUT2D eigenvalue weighted by Crippen LogP contribution is -2.33. The molecule has 0 aliphatic rings. The van der Waals surface area contributed by atoms with Crippen LogP contribution >= 0.6 is 11.8 Å². The Balaban J connectivity index is 2.67. The van der Waals surface area contributed by atoms with Crippen LogP contribution < -0.4 is 11.2 Å². The first kappa shape index (κ1) is 15.4. The van der Waals surface area contributed by atoms with Crippen molar-refractivity contribution in [3.8, 4) is 17.0 Å². The molecule has 0 amide bonds. The van der Waals surface area contributed by atoms with Gasteiger partial charge in [0.05, 0.1) is 0 Å². The first-order valence-electron chi connectivity index (χ1n) is 6.59. The van der Waals surface area contributed by atoms with Crippen LogP contribution in [0.15, 0.2) is 33.9 Å². The van der Waals surface area contributed by atoms with Crippen molar-refractivity contribution in [2.45, 2.75) is 19.9 Å². The van der Waals surface area contributed by atoms with Gasteiger partial charge in [0.25, 0.3) is 5.56 Å². The summed E-state index contributed by atoms with van der Waals surface area (Å²) in [4.78, 5) is 26.3. The van der Waals surface area contributed by atoms with Crippen LogP contribution in [0.25, 0.3) is 11.1 Å². The quantitative estimate of drug-likeness (QED) is 0.907. The maximum atomic E-state index is 12.0. The van der Waals surface area contributed by atoms with Gasteiger partial charge in [-0.15, -0.1) is 0 Å². The lowest BCUT2D eigenvalue weighted by Gasteiger charge is -2.17. The van der Waals surface area contributed by atoms with E-state index in [4.69, 9.17) is 0 Å². The predicted molar refractivity (Wildman–Crippen MR) is 86.3 cm³/mol. The van der Waals surface area contributed by atoms with Crippen LogP contribution in [0.3, 0.4) is 0 Å². The fourth-order valence-corrected chi connectivity index (χ4v) is 2.87. The molecule has 0 spiro atoms. The van der Waals surface area contributed by atoms with Gasteiger partial charge < -0.3 is 5.11 Å². The number of hydrogen-bond acceptors (Lipinski definition) is 4. The SMILES string of the molecule is CSCC(C)n1c(O)c(-c2ccc(C)cc2)c(=O)[nH]c1=O. The Kier molecular flexibility index (Phi) is 4.57. The highest BCUT2D eigenvalue weighted by atomic mass is 32.2. The molecule has 0 fully saturated rings. The van der Waals surface area contributed by atoms with Crippen LogP contribution in [0.1, 0.15) is 18.5 Å². The minimum Gasteiger partial charge on any atom is -0.494 e. The van der Waals surface area contributed by atoms with Gasteiger partial charge in [0.1, 0.15) is 5.56 Å². The Morgan fingerprint density at radius 3 is 2.48 bits per heavy atom. The maximum absolute atomic E-state index is 12.0. The van der Waals surface area contributed by atoms with Crippen LogP contribution in [0.2, 0.25) is 0 Å². The van der Waals surface area contributed by atoms with E-state index in [1.54, 1.807) is 23.9 Å². The largest absolute Gasteiger partial charge is 0.494 e. The Morgan fingerprint density at radius 2 is 1.90 bits per heavy atom. The molecule has 1 unspecified atom stereocenters. The summed E-state index contributed by atoms with van der Waals surface area (Å²) >= 11 is 1.57. The van der Waals surface area contributed by atoms with E-state index in [0.29, 0.717) is 11.3 Å². The second kappa shape index (κ2) is 6.22. The van der Waals surface area contributed by atoms with Crippen LogP contribution in [0.4, 0.5) is 0 Å². The molecule has 0 saturated heterocycles. The highest BCUT2D eigenvalue weighted by Gasteiger charge is 2.19. The van der Waals surface area contributed by atoms with Crippen LogP contribution in [0.5, 0.6) is 5.88 Å². The van der Waals surface area contributed by atoms with Gasteiger partial charge in [-0.25, -0.2) is 4.79 Å². The molecule has 1 heterocycles. The van der Waals surface area contributed by atoms with Crippen LogP contribution in [-0.2, 0) is 0 Å². The average molecular weight is 306 g/mol. The molecule has 21 heavy (non-hydrogen) atoms. The van der Waals surface area contributed by atoms with Crippen LogP contribution in [-0.4, -0.2) is 26.7 Å². The molecule has 2 N–H and O–H groups in total. The van der Waals surface area contributed by atoms with Crippen molar-refractivity contribution in [2.75, 3.05) is 12.0 Å². The second-order valence-electron chi connectivity index (χ2n) is 5.00. The van der Waals surface area contributed by atoms with E-state index in [0.717, 1.165) is 5.56 Å². The molecule has 0 radical (unpaired) electrons. The van der Waals surface area contributed by atoms with Crippen molar-refractivity contribution in [3.05, 3.63) is 50.7 Å². The predicted octanol–water partition coefficient (Wildman–Crippen LogP) is 2.14. The molecule has 0 aliphatic heterocycles. The first-order valence-corrected chi connectivity index (χ1v) is 7.99. The molecule has 1 atom stereocenters. The van der Waals surface area contributed by atoms with Gasteiger partial charge in [0, 0.05) is 11.8 Å². The number of nitrogens with zero attached hydrogens (tertiary/aromatic N) is 1. The highest BCUT2D eigenvalue weighted by Crippen LogP contribution is 2.26. The molecule has 5 nitrogen and oxygen atoms in total. The lowest BCUT2D eigenvalue weighted by atomic mass is 10.1. The number of aromatic nitrogens is 2. The Hall–Kier alpha value is -1.95. The van der Waals surface area contributed by atoms with Crippen molar-refractivity contribution in [3.63, 3.8) is 0 Å². The van der Waals surface area contributed by atoms with Gasteiger partial charge in [-0.3, -0.25) is 14.3 Å². The summed E-state index contributed by atoms with van der Waals surface area (Å²) in [6, 6.07) is 7.01. The zero-order chi connectivity index (χ0) is 15.6. The lowest BCUT2D eigenvalue weighted by molar-refractivity contribution is 0.386. The molecule has 1 aromatic carbocycles. The molecular weight excluding hydrogens is 288 g/mol. The number of nitrogens with one attached hydrogen (secondary N) is 1. The number of rotatable bonds is 4. The van der Waals surface area contributed by atoms with E-state index in [-0.39, 0.29) is 17.5 Å². The monoisotopic (exact) mass is 306 g/mol. The average Bonchev–Trinajstić information content (AvgIpc) is 2.40. The van der Waals surface area contributed by atoms with E-state index in [9.17, 15) is 14.7 Å². The first-order chi connectivity index (χ1) is 9.95. The van der Waals surface area contributed by atoms with E-state index < -0.39 is 11.2 Å². The number of aryl methyl sites for hydroxylation is 1. The van der Waals surface area contributed by atoms with E-state index in [2.05, 4.69) is 4.98 Å². The number of aromatic amines is 1. The van der Waals surface area contributed by atoms with Gasteiger partial charge in [-0.05, 0) is 25.7 Å². The molecule has 0 bridgehead atoms. The molecular formula is C15H18N2O3S. The van der Waals surface area contributed by atoms with Gasteiger partial charge in [-0.2, -0.15) is 11.8 Å². The summed E-state index contributed by atoms with van der Waals surface area (Å²) in [7, 11) is 0. The molecule has 1 aromatic heterocycles. The number of thioether (sulfide) groups is 1. The molecule has 6 heteroatoms. The smallest absolute Gasteiger partial charge is 0.331 e. The van der Waals surface area contributed by atoms with Crippen molar-refractivity contribution in [1.29, 1.82) is 0 Å². The second-order valence-corrected chi connectivity index (χ2v) is 5.91. The summed E-state index contributed by atoms with van der Waals surface area (Å²) in [5, 5.41) is 10.4. The van der Waals surface area contributed by atoms with E-state index in [1.807, 2.05) is 32.2 Å². The fourth-order valence-electron chi connectivity index (χ4n) is 2.24. The minimum absolute atomic E-state index is 0.127. The van der Waals surface area contributed by atoms with Gasteiger partial charge in [0.15, 0.2) is 0 Å². The minimum atomic E-state index is -0.588. The third kappa shape index (κ3) is 3.05. The number of aromatic hydroxyl groups is 1. The Bertz CT molecular complexity index is 747. The Morgan fingerprint density at radius 1 is 1.29 bits per heavy atom. The van der Waals surface area contributed by atoms with Crippen molar-refractivity contribution in [2.24, 2.45) is 0 Å².